The lowest BCUT2D eigenvalue weighted by atomic mass is 9.95. The standard InChI is InChI=1S/C37H30N2O3/c40-35(34(25-27-14-6-2-7-15-27)39-36(41)31-18-10-11-19-32(31)37(39)42)38-33(24-26-12-4-1-5-13-26)30-22-20-29(21-23-30)28-16-8-3-9-17-28/h1-23,33-34H,24-25H2,(H,38,40). The largest absolute Gasteiger partial charge is 0.347 e. The van der Waals surface area contributed by atoms with Crippen LogP contribution in [0.15, 0.2) is 140 Å². The number of rotatable bonds is 9. The van der Waals surface area contributed by atoms with Gasteiger partial charge in [0.1, 0.15) is 6.04 Å². The van der Waals surface area contributed by atoms with Crippen molar-refractivity contribution in [3.63, 3.8) is 0 Å². The fourth-order valence-electron chi connectivity index (χ4n) is 5.54. The van der Waals surface area contributed by atoms with Crippen molar-refractivity contribution in [1.29, 1.82) is 0 Å². The lowest BCUT2D eigenvalue weighted by molar-refractivity contribution is -0.125. The van der Waals surface area contributed by atoms with Gasteiger partial charge < -0.3 is 5.32 Å². The summed E-state index contributed by atoms with van der Waals surface area (Å²) >= 11 is 0. The first kappa shape index (κ1) is 26.9. The van der Waals surface area contributed by atoms with E-state index in [0.29, 0.717) is 17.5 Å². The summed E-state index contributed by atoms with van der Waals surface area (Å²) in [5.41, 5.74) is 5.71. The topological polar surface area (TPSA) is 66.5 Å². The Morgan fingerprint density at radius 2 is 1.00 bits per heavy atom. The molecule has 1 N–H and O–H groups in total. The van der Waals surface area contributed by atoms with E-state index in [1.165, 1.54) is 0 Å². The molecule has 2 atom stereocenters. The van der Waals surface area contributed by atoms with E-state index in [9.17, 15) is 14.4 Å². The summed E-state index contributed by atoms with van der Waals surface area (Å²) in [5, 5.41) is 3.22. The Balaban J connectivity index is 1.33. The van der Waals surface area contributed by atoms with Crippen LogP contribution in [0.4, 0.5) is 0 Å². The molecule has 5 aromatic carbocycles. The molecular formula is C37H30N2O3. The number of benzene rings is 5. The summed E-state index contributed by atoms with van der Waals surface area (Å²) in [6.45, 7) is 0. The number of fused-ring (bicyclic) bond motifs is 1. The fourth-order valence-corrected chi connectivity index (χ4v) is 5.54. The number of carbonyl (C=O) groups is 3. The fraction of sp³-hybridized carbons (Fsp3) is 0.108. The zero-order valence-electron chi connectivity index (χ0n) is 23.0. The average molecular weight is 551 g/mol. The Morgan fingerprint density at radius 3 is 1.55 bits per heavy atom. The second-order valence-electron chi connectivity index (χ2n) is 10.5. The number of hydrogen-bond acceptors (Lipinski definition) is 3. The van der Waals surface area contributed by atoms with Crippen LogP contribution in [0.3, 0.4) is 0 Å². The van der Waals surface area contributed by atoms with E-state index in [0.717, 1.165) is 32.7 Å². The first-order valence-corrected chi connectivity index (χ1v) is 14.1. The molecule has 1 aliphatic rings. The molecular weight excluding hydrogens is 520 g/mol. The van der Waals surface area contributed by atoms with Gasteiger partial charge in [0.2, 0.25) is 5.91 Å². The maximum absolute atomic E-state index is 14.2. The van der Waals surface area contributed by atoms with E-state index in [1.807, 2.05) is 91.0 Å². The predicted molar refractivity (Wildman–Crippen MR) is 164 cm³/mol. The molecule has 0 spiro atoms. The lowest BCUT2D eigenvalue weighted by Crippen LogP contribution is -2.51. The van der Waals surface area contributed by atoms with Crippen molar-refractivity contribution in [3.8, 4) is 11.1 Å². The monoisotopic (exact) mass is 550 g/mol. The number of amides is 3. The third-order valence-electron chi connectivity index (χ3n) is 7.73. The molecule has 0 aromatic heterocycles. The third-order valence-corrected chi connectivity index (χ3v) is 7.73. The van der Waals surface area contributed by atoms with Gasteiger partial charge in [-0.15, -0.1) is 0 Å². The second-order valence-corrected chi connectivity index (χ2v) is 10.5. The highest BCUT2D eigenvalue weighted by atomic mass is 16.2. The summed E-state index contributed by atoms with van der Waals surface area (Å²) in [6, 6.07) is 43.1. The van der Waals surface area contributed by atoms with Gasteiger partial charge in [0.25, 0.3) is 11.8 Å². The molecule has 6 rings (SSSR count). The minimum absolute atomic E-state index is 0.211. The van der Waals surface area contributed by atoms with Gasteiger partial charge in [-0.25, -0.2) is 0 Å². The summed E-state index contributed by atoms with van der Waals surface area (Å²) in [5.74, 6) is -1.27. The van der Waals surface area contributed by atoms with Gasteiger partial charge >= 0.3 is 0 Å². The molecule has 1 heterocycles. The van der Waals surface area contributed by atoms with Crippen LogP contribution in [0.5, 0.6) is 0 Å². The van der Waals surface area contributed by atoms with Gasteiger partial charge in [-0.2, -0.15) is 0 Å². The number of nitrogens with zero attached hydrogens (tertiary/aromatic N) is 1. The molecule has 0 aliphatic carbocycles. The molecule has 42 heavy (non-hydrogen) atoms. The summed E-state index contributed by atoms with van der Waals surface area (Å²) in [4.78, 5) is 42.3. The summed E-state index contributed by atoms with van der Waals surface area (Å²) < 4.78 is 0. The van der Waals surface area contributed by atoms with Crippen molar-refractivity contribution in [2.45, 2.75) is 24.9 Å². The van der Waals surface area contributed by atoms with Crippen LogP contribution in [0, 0.1) is 0 Å². The normalized spacial score (nSPS) is 13.9. The van der Waals surface area contributed by atoms with Gasteiger partial charge in [0.05, 0.1) is 17.2 Å². The average Bonchev–Trinajstić information content (AvgIpc) is 3.30. The zero-order chi connectivity index (χ0) is 28.9. The van der Waals surface area contributed by atoms with Crippen molar-refractivity contribution >= 4 is 17.7 Å². The molecule has 0 bridgehead atoms. The Kier molecular flexibility index (Phi) is 7.73. The molecule has 1 aliphatic heterocycles. The molecule has 206 valence electrons. The van der Waals surface area contributed by atoms with Crippen molar-refractivity contribution in [2.75, 3.05) is 0 Å². The molecule has 0 fully saturated rings. The van der Waals surface area contributed by atoms with Gasteiger partial charge in [0.15, 0.2) is 0 Å². The Bertz CT molecular complexity index is 1670. The van der Waals surface area contributed by atoms with E-state index in [2.05, 4.69) is 29.6 Å². The van der Waals surface area contributed by atoms with Crippen LogP contribution < -0.4 is 5.32 Å². The molecule has 5 aromatic rings. The molecule has 5 nitrogen and oxygen atoms in total. The molecule has 0 radical (unpaired) electrons. The number of imide groups is 1. The maximum Gasteiger partial charge on any atom is 0.262 e. The van der Waals surface area contributed by atoms with Gasteiger partial charge in [-0.05, 0) is 46.4 Å². The Hall–Kier alpha value is -5.29. The van der Waals surface area contributed by atoms with Crippen molar-refractivity contribution < 1.29 is 14.4 Å². The van der Waals surface area contributed by atoms with Gasteiger partial charge in [-0.1, -0.05) is 127 Å². The highest BCUT2D eigenvalue weighted by Gasteiger charge is 2.43. The van der Waals surface area contributed by atoms with E-state index in [-0.39, 0.29) is 18.4 Å². The molecule has 2 unspecified atom stereocenters. The first-order chi connectivity index (χ1) is 20.6. The minimum atomic E-state index is -1.01. The molecule has 0 saturated heterocycles. The Morgan fingerprint density at radius 1 is 0.548 bits per heavy atom. The molecule has 5 heteroatoms. The predicted octanol–water partition coefficient (Wildman–Crippen LogP) is 6.66. The maximum atomic E-state index is 14.2. The lowest BCUT2D eigenvalue weighted by Gasteiger charge is -2.28. The number of carbonyl (C=O) groups excluding carboxylic acids is 3. The van der Waals surface area contributed by atoms with Crippen molar-refractivity contribution in [2.24, 2.45) is 0 Å². The molecule has 3 amide bonds. The van der Waals surface area contributed by atoms with E-state index in [4.69, 9.17) is 0 Å². The molecule has 0 saturated carbocycles. The number of nitrogens with one attached hydrogen (secondary N) is 1. The highest BCUT2D eigenvalue weighted by Crippen LogP contribution is 2.28. The highest BCUT2D eigenvalue weighted by molar-refractivity contribution is 6.22. The number of hydrogen-bond donors (Lipinski definition) is 1. The second kappa shape index (κ2) is 12.1. The Labute approximate surface area is 245 Å². The summed E-state index contributed by atoms with van der Waals surface area (Å²) in [6.07, 6.45) is 0.764. The van der Waals surface area contributed by atoms with Gasteiger partial charge in [0, 0.05) is 6.42 Å². The van der Waals surface area contributed by atoms with Gasteiger partial charge in [-0.3, -0.25) is 19.3 Å². The minimum Gasteiger partial charge on any atom is -0.347 e. The van der Waals surface area contributed by atoms with Crippen LogP contribution in [-0.4, -0.2) is 28.7 Å². The zero-order valence-corrected chi connectivity index (χ0v) is 23.0. The third kappa shape index (κ3) is 5.63. The van der Waals surface area contributed by atoms with Crippen LogP contribution in [0.1, 0.15) is 43.4 Å². The van der Waals surface area contributed by atoms with Crippen LogP contribution in [0.25, 0.3) is 11.1 Å². The van der Waals surface area contributed by atoms with E-state index in [1.54, 1.807) is 24.3 Å². The summed E-state index contributed by atoms with van der Waals surface area (Å²) in [7, 11) is 0. The SMILES string of the molecule is O=C(NC(Cc1ccccc1)c1ccc(-c2ccccc2)cc1)C(Cc1ccccc1)N1C(=O)c2ccccc2C1=O. The van der Waals surface area contributed by atoms with E-state index >= 15 is 0 Å². The van der Waals surface area contributed by atoms with E-state index < -0.39 is 17.9 Å². The smallest absolute Gasteiger partial charge is 0.262 e. The van der Waals surface area contributed by atoms with Crippen LogP contribution in [0.2, 0.25) is 0 Å². The van der Waals surface area contributed by atoms with Crippen LogP contribution >= 0.6 is 0 Å². The first-order valence-electron chi connectivity index (χ1n) is 14.1. The van der Waals surface area contributed by atoms with Crippen molar-refractivity contribution in [1.82, 2.24) is 10.2 Å². The van der Waals surface area contributed by atoms with Crippen LogP contribution in [-0.2, 0) is 17.6 Å². The quantitative estimate of drug-likeness (QED) is 0.209. The van der Waals surface area contributed by atoms with Crippen molar-refractivity contribution in [3.05, 3.63) is 167 Å².